The highest BCUT2D eigenvalue weighted by Crippen LogP contribution is 2.16. The van der Waals surface area contributed by atoms with Crippen LogP contribution in [0, 0.1) is 11.8 Å². The lowest BCUT2D eigenvalue weighted by Crippen LogP contribution is -2.50. The Hall–Kier alpha value is -2.98. The molecule has 0 spiro atoms. The molecule has 2 amide bonds. The average molecular weight is 609 g/mol. The molecule has 252 valence electrons. The topological polar surface area (TPSA) is 137 Å². The lowest BCUT2D eigenvalue weighted by molar-refractivity contribution is -0.169. The van der Waals surface area contributed by atoms with E-state index in [1.54, 1.807) is 20.8 Å². The fourth-order valence-corrected chi connectivity index (χ4v) is 3.92. The molecule has 0 aliphatic rings. The third kappa shape index (κ3) is 16.5. The molecule has 0 aromatic rings. The Labute approximate surface area is 257 Å². The Kier molecular flexibility index (Phi) is 31.7. The number of Topliss-reactive ketones (excluding diaryl/α,β-unsaturated/α-hetero) is 1. The van der Waals surface area contributed by atoms with Crippen molar-refractivity contribution in [2.24, 2.45) is 11.8 Å². The first kappa shape index (κ1) is 51.7. The van der Waals surface area contributed by atoms with Gasteiger partial charge in [0.1, 0.15) is 0 Å². The van der Waals surface area contributed by atoms with E-state index in [0.717, 1.165) is 0 Å². The zero-order valence-corrected chi connectivity index (χ0v) is 25.2. The van der Waals surface area contributed by atoms with Crippen molar-refractivity contribution in [2.45, 2.75) is 137 Å². The van der Waals surface area contributed by atoms with Gasteiger partial charge < -0.3 is 24.0 Å². The molecule has 0 aromatic heterocycles. The first-order chi connectivity index (χ1) is 17.5. The van der Waals surface area contributed by atoms with Crippen molar-refractivity contribution in [3.63, 3.8) is 0 Å². The maximum Gasteiger partial charge on any atom is 0.330 e. The molecule has 0 N–H and O–H groups in total. The molecule has 0 saturated carbocycles. The van der Waals surface area contributed by atoms with Gasteiger partial charge in [-0.2, -0.15) is 0 Å². The Bertz CT molecular complexity index is 774. The molecule has 1 atom stereocenters. The van der Waals surface area contributed by atoms with E-state index in [2.05, 4.69) is 0 Å². The quantitative estimate of drug-likeness (QED) is 0.155. The average Bonchev–Trinajstić information content (AvgIpc) is 2.73. The Balaban J connectivity index is -0.000000141. The molecular weight excluding hydrogens is 544 g/mol. The fraction of sp³-hybridized carbons (Fsp3) is 0.806. The van der Waals surface area contributed by atoms with E-state index in [9.17, 15) is 28.8 Å². The number of rotatable bonds is 13. The second-order valence-electron chi connectivity index (χ2n) is 9.60. The summed E-state index contributed by atoms with van der Waals surface area (Å²) in [4.78, 5) is 74.7. The molecule has 11 nitrogen and oxygen atoms in total. The summed E-state index contributed by atoms with van der Waals surface area (Å²) in [5.74, 6) is -6.90. The first-order valence-corrected chi connectivity index (χ1v) is 13.2. The van der Waals surface area contributed by atoms with Crippen molar-refractivity contribution in [1.29, 1.82) is 0 Å². The van der Waals surface area contributed by atoms with E-state index in [1.165, 1.54) is 16.7 Å². The standard InChI is InChI=1S/C14H25NO5.C13H23NO4.4CH4/c1-7-19-13(17)11(14(18)20-8-2)12(16)15(9(3)4)10(5)6;1-7-18-13(17)11(10(6)15)12(16)14(8(2)3)9(4)5;;;;/h9-11H,7-8H2,1-6H3;8-9,11H,7H2,1-6H3;4*1H4. The van der Waals surface area contributed by atoms with Crippen LogP contribution >= 0.6 is 0 Å². The van der Waals surface area contributed by atoms with Gasteiger partial charge in [0.15, 0.2) is 11.7 Å². The molecule has 0 heterocycles. The van der Waals surface area contributed by atoms with Crippen LogP contribution in [0.1, 0.15) is 113 Å². The van der Waals surface area contributed by atoms with Gasteiger partial charge in [-0.15, -0.1) is 0 Å². The van der Waals surface area contributed by atoms with Gasteiger partial charge in [0.25, 0.3) is 0 Å². The number of esters is 3. The number of amides is 2. The third-order valence-electron chi connectivity index (χ3n) is 5.20. The van der Waals surface area contributed by atoms with E-state index in [1.807, 2.05) is 55.4 Å². The summed E-state index contributed by atoms with van der Waals surface area (Å²) >= 11 is 0. The van der Waals surface area contributed by atoms with Gasteiger partial charge in [-0.1, -0.05) is 29.7 Å². The minimum absolute atomic E-state index is 0. The lowest BCUT2D eigenvalue weighted by Gasteiger charge is -2.32. The maximum absolute atomic E-state index is 12.5. The zero-order chi connectivity index (χ0) is 30.3. The van der Waals surface area contributed by atoms with Gasteiger partial charge in [-0.3, -0.25) is 28.8 Å². The van der Waals surface area contributed by atoms with Crippen LogP contribution in [-0.2, 0) is 43.0 Å². The van der Waals surface area contributed by atoms with Crippen LogP contribution in [-0.4, -0.2) is 89.3 Å². The third-order valence-corrected chi connectivity index (χ3v) is 5.20. The van der Waals surface area contributed by atoms with Crippen molar-refractivity contribution in [3.05, 3.63) is 0 Å². The number of carbonyl (C=O) groups is 6. The van der Waals surface area contributed by atoms with Crippen molar-refractivity contribution in [3.8, 4) is 0 Å². The molecule has 0 aliphatic heterocycles. The summed E-state index contributed by atoms with van der Waals surface area (Å²) in [6.45, 7) is 21.2. The van der Waals surface area contributed by atoms with E-state index in [-0.39, 0.29) is 73.7 Å². The number of hydrogen-bond acceptors (Lipinski definition) is 9. The summed E-state index contributed by atoms with van der Waals surface area (Å²) in [5.41, 5.74) is 0. The lowest BCUT2D eigenvalue weighted by atomic mass is 10.0. The summed E-state index contributed by atoms with van der Waals surface area (Å²) in [6, 6.07) is -0.412. The second kappa shape index (κ2) is 25.7. The molecule has 0 fully saturated rings. The molecule has 42 heavy (non-hydrogen) atoms. The van der Waals surface area contributed by atoms with Crippen LogP contribution in [0.15, 0.2) is 0 Å². The van der Waals surface area contributed by atoms with Crippen LogP contribution in [0.25, 0.3) is 0 Å². The largest absolute Gasteiger partial charge is 0.465 e. The van der Waals surface area contributed by atoms with Crippen LogP contribution in [0.5, 0.6) is 0 Å². The Morgan fingerprint density at radius 1 is 0.476 bits per heavy atom. The fourth-order valence-electron chi connectivity index (χ4n) is 3.92. The monoisotopic (exact) mass is 608 g/mol. The van der Waals surface area contributed by atoms with Gasteiger partial charge in [-0.05, 0) is 83.1 Å². The van der Waals surface area contributed by atoms with E-state index >= 15 is 0 Å². The second-order valence-corrected chi connectivity index (χ2v) is 9.60. The van der Waals surface area contributed by atoms with Gasteiger partial charge in [0.2, 0.25) is 17.7 Å². The summed E-state index contributed by atoms with van der Waals surface area (Å²) in [6.07, 6.45) is 0. The van der Waals surface area contributed by atoms with Gasteiger partial charge in [-0.25, -0.2) is 0 Å². The number of carbonyl (C=O) groups excluding carboxylic acids is 6. The molecule has 1 unspecified atom stereocenters. The van der Waals surface area contributed by atoms with Crippen molar-refractivity contribution in [1.82, 2.24) is 9.80 Å². The molecule has 0 rings (SSSR count). The zero-order valence-electron chi connectivity index (χ0n) is 25.2. The molecule has 0 bridgehead atoms. The predicted octanol–water partition coefficient (Wildman–Crippen LogP) is 5.32. The highest BCUT2D eigenvalue weighted by Gasteiger charge is 2.41. The number of nitrogens with zero attached hydrogens (tertiary/aromatic N) is 2. The van der Waals surface area contributed by atoms with Crippen molar-refractivity contribution >= 4 is 35.5 Å². The molecule has 0 saturated heterocycles. The van der Waals surface area contributed by atoms with Crippen molar-refractivity contribution < 1.29 is 43.0 Å². The highest BCUT2D eigenvalue weighted by atomic mass is 16.6. The smallest absolute Gasteiger partial charge is 0.330 e. The molecular formula is C31H64N2O9. The van der Waals surface area contributed by atoms with Crippen LogP contribution in [0.2, 0.25) is 0 Å². The first-order valence-electron chi connectivity index (χ1n) is 13.2. The number of hydrogen-bond donors (Lipinski definition) is 0. The Morgan fingerprint density at radius 3 is 0.881 bits per heavy atom. The SMILES string of the molecule is C.C.C.C.CCOC(=O)C(C(=O)OCC)C(=O)N(C(C)C)C(C)C.CCOC(=O)C(C(C)=O)C(=O)N(C(C)C)C(C)C. The van der Waals surface area contributed by atoms with E-state index < -0.39 is 47.3 Å². The molecule has 0 aromatic carbocycles. The summed E-state index contributed by atoms with van der Waals surface area (Å²) < 4.78 is 14.4. The van der Waals surface area contributed by atoms with Crippen LogP contribution in [0.3, 0.4) is 0 Å². The summed E-state index contributed by atoms with van der Waals surface area (Å²) in [5, 5.41) is 0. The van der Waals surface area contributed by atoms with E-state index in [0.29, 0.717) is 0 Å². The number of ketones is 1. The summed E-state index contributed by atoms with van der Waals surface area (Å²) in [7, 11) is 0. The Morgan fingerprint density at radius 2 is 0.690 bits per heavy atom. The van der Waals surface area contributed by atoms with Crippen LogP contribution in [0.4, 0.5) is 0 Å². The minimum Gasteiger partial charge on any atom is -0.465 e. The van der Waals surface area contributed by atoms with Gasteiger partial charge >= 0.3 is 17.9 Å². The highest BCUT2D eigenvalue weighted by molar-refractivity contribution is 6.16. The molecule has 0 aliphatic carbocycles. The van der Waals surface area contributed by atoms with Gasteiger partial charge in [0.05, 0.1) is 19.8 Å². The molecule has 11 heteroatoms. The van der Waals surface area contributed by atoms with E-state index in [4.69, 9.17) is 14.2 Å². The maximum atomic E-state index is 12.5. The number of ether oxygens (including phenoxy) is 3. The normalized spacial score (nSPS) is 10.5. The predicted molar refractivity (Wildman–Crippen MR) is 169 cm³/mol. The van der Waals surface area contributed by atoms with Gasteiger partial charge in [0, 0.05) is 24.2 Å². The minimum atomic E-state index is -1.54. The molecule has 0 radical (unpaired) electrons. The van der Waals surface area contributed by atoms with Crippen LogP contribution < -0.4 is 0 Å². The van der Waals surface area contributed by atoms with Crippen molar-refractivity contribution in [2.75, 3.05) is 19.8 Å².